The zero-order chi connectivity index (χ0) is 11.4. The van der Waals surface area contributed by atoms with Gasteiger partial charge < -0.3 is 10.6 Å². The van der Waals surface area contributed by atoms with E-state index in [4.69, 9.17) is 0 Å². The van der Waals surface area contributed by atoms with Gasteiger partial charge in [-0.05, 0) is 48.3 Å². The summed E-state index contributed by atoms with van der Waals surface area (Å²) in [5, 5.41) is 10.4. The van der Waals surface area contributed by atoms with E-state index < -0.39 is 0 Å². The second-order valence-corrected chi connectivity index (χ2v) is 5.40. The molecule has 1 fully saturated rings. The van der Waals surface area contributed by atoms with Crippen LogP contribution in [-0.4, -0.2) is 19.0 Å². The Kier molecular flexibility index (Phi) is 3.61. The minimum Gasteiger partial charge on any atom is -0.352 e. The maximum atomic E-state index is 12.1. The number of thiophene rings is 1. The van der Waals surface area contributed by atoms with Crippen LogP contribution in [0.3, 0.4) is 0 Å². The molecule has 0 unspecified atom stereocenters. The smallest absolute Gasteiger partial charge is 0.226 e. The molecule has 2 N–H and O–H groups in total. The van der Waals surface area contributed by atoms with Gasteiger partial charge in [0.05, 0.1) is 0 Å². The van der Waals surface area contributed by atoms with E-state index in [0.29, 0.717) is 6.54 Å². The van der Waals surface area contributed by atoms with E-state index in [1.165, 1.54) is 5.56 Å². The minimum absolute atomic E-state index is 0.179. The minimum atomic E-state index is -0.179. The summed E-state index contributed by atoms with van der Waals surface area (Å²) in [4.78, 5) is 12.1. The number of nitrogens with one attached hydrogen (secondary N) is 2. The number of carbonyl (C=O) groups excluding carboxylic acids is 1. The van der Waals surface area contributed by atoms with Gasteiger partial charge in [0.2, 0.25) is 5.91 Å². The Labute approximate surface area is 100 Å². The fourth-order valence-electron chi connectivity index (χ4n) is 1.99. The Bertz CT molecular complexity index is 342. The predicted molar refractivity (Wildman–Crippen MR) is 66.4 cm³/mol. The van der Waals surface area contributed by atoms with E-state index in [1.54, 1.807) is 11.3 Å². The van der Waals surface area contributed by atoms with Crippen LogP contribution in [0, 0.1) is 5.41 Å². The molecule has 0 bridgehead atoms. The van der Waals surface area contributed by atoms with Crippen LogP contribution in [0.2, 0.25) is 0 Å². The highest BCUT2D eigenvalue weighted by Gasteiger charge is 2.34. The van der Waals surface area contributed by atoms with Crippen LogP contribution in [0.25, 0.3) is 0 Å². The van der Waals surface area contributed by atoms with Gasteiger partial charge in [-0.2, -0.15) is 11.3 Å². The van der Waals surface area contributed by atoms with Crippen LogP contribution >= 0.6 is 11.3 Å². The van der Waals surface area contributed by atoms with Crippen LogP contribution in [0.5, 0.6) is 0 Å². The van der Waals surface area contributed by atoms with Gasteiger partial charge in [-0.25, -0.2) is 0 Å². The van der Waals surface area contributed by atoms with Crippen molar-refractivity contribution in [3.8, 4) is 0 Å². The second-order valence-electron chi connectivity index (χ2n) is 4.62. The highest BCUT2D eigenvalue weighted by molar-refractivity contribution is 7.07. The molecule has 1 aliphatic rings. The molecule has 88 valence electrons. The van der Waals surface area contributed by atoms with Crippen molar-refractivity contribution in [1.29, 1.82) is 0 Å². The van der Waals surface area contributed by atoms with Crippen LogP contribution in [0.4, 0.5) is 0 Å². The van der Waals surface area contributed by atoms with Crippen molar-refractivity contribution in [3.63, 3.8) is 0 Å². The predicted octanol–water partition coefficient (Wildman–Crippen LogP) is 1.75. The third-order valence-electron chi connectivity index (χ3n) is 3.29. The van der Waals surface area contributed by atoms with E-state index in [0.717, 1.165) is 25.9 Å². The lowest BCUT2D eigenvalue weighted by Gasteiger charge is -2.32. The lowest BCUT2D eigenvalue weighted by Crippen LogP contribution is -2.45. The summed E-state index contributed by atoms with van der Waals surface area (Å²) in [6.45, 7) is 4.62. The first-order chi connectivity index (χ1) is 7.71. The Balaban J connectivity index is 1.87. The van der Waals surface area contributed by atoms with Crippen molar-refractivity contribution in [1.82, 2.24) is 10.6 Å². The zero-order valence-corrected chi connectivity index (χ0v) is 10.4. The lowest BCUT2D eigenvalue weighted by molar-refractivity contribution is -0.131. The van der Waals surface area contributed by atoms with Crippen molar-refractivity contribution in [2.45, 2.75) is 26.3 Å². The Morgan fingerprint density at radius 1 is 1.56 bits per heavy atom. The number of amides is 1. The highest BCUT2D eigenvalue weighted by Crippen LogP contribution is 2.28. The summed E-state index contributed by atoms with van der Waals surface area (Å²) >= 11 is 1.66. The molecular formula is C12H18N2OS. The lowest BCUT2D eigenvalue weighted by atomic mass is 9.80. The van der Waals surface area contributed by atoms with Gasteiger partial charge in [0.25, 0.3) is 0 Å². The van der Waals surface area contributed by atoms with Crippen LogP contribution in [0.1, 0.15) is 25.3 Å². The summed E-state index contributed by atoms with van der Waals surface area (Å²) in [5.41, 5.74) is 1.01. The molecule has 1 aromatic heterocycles. The summed E-state index contributed by atoms with van der Waals surface area (Å²) < 4.78 is 0. The van der Waals surface area contributed by atoms with Gasteiger partial charge in [0.1, 0.15) is 0 Å². The van der Waals surface area contributed by atoms with Crippen molar-refractivity contribution in [2.75, 3.05) is 13.1 Å². The first kappa shape index (κ1) is 11.6. The number of rotatable bonds is 3. The van der Waals surface area contributed by atoms with Crippen LogP contribution < -0.4 is 10.6 Å². The van der Waals surface area contributed by atoms with E-state index in [2.05, 4.69) is 29.0 Å². The highest BCUT2D eigenvalue weighted by atomic mass is 32.1. The molecule has 1 aliphatic heterocycles. The fourth-order valence-corrected chi connectivity index (χ4v) is 2.66. The summed E-state index contributed by atoms with van der Waals surface area (Å²) in [7, 11) is 0. The SMILES string of the molecule is CC1(C(=O)NCc2ccsc2)CCNCC1. The van der Waals surface area contributed by atoms with E-state index in [9.17, 15) is 4.79 Å². The van der Waals surface area contributed by atoms with Crippen molar-refractivity contribution in [3.05, 3.63) is 22.4 Å². The number of piperidine rings is 1. The van der Waals surface area contributed by atoms with Gasteiger partial charge in [0, 0.05) is 12.0 Å². The van der Waals surface area contributed by atoms with Gasteiger partial charge in [-0.15, -0.1) is 0 Å². The molecular weight excluding hydrogens is 220 g/mol. The molecule has 3 nitrogen and oxygen atoms in total. The second kappa shape index (κ2) is 4.97. The molecule has 1 saturated heterocycles. The average molecular weight is 238 g/mol. The molecule has 0 atom stereocenters. The van der Waals surface area contributed by atoms with E-state index in [-0.39, 0.29) is 11.3 Å². The topological polar surface area (TPSA) is 41.1 Å². The molecule has 1 aromatic rings. The largest absolute Gasteiger partial charge is 0.352 e. The quantitative estimate of drug-likeness (QED) is 0.842. The number of hydrogen-bond acceptors (Lipinski definition) is 3. The van der Waals surface area contributed by atoms with E-state index >= 15 is 0 Å². The zero-order valence-electron chi connectivity index (χ0n) is 9.58. The third kappa shape index (κ3) is 2.62. The summed E-state index contributed by atoms with van der Waals surface area (Å²) in [6, 6.07) is 2.05. The first-order valence-corrected chi connectivity index (χ1v) is 6.65. The molecule has 0 spiro atoms. The van der Waals surface area contributed by atoms with Crippen molar-refractivity contribution in [2.24, 2.45) is 5.41 Å². The molecule has 2 rings (SSSR count). The maximum Gasteiger partial charge on any atom is 0.226 e. The maximum absolute atomic E-state index is 12.1. The van der Waals surface area contributed by atoms with Crippen LogP contribution in [-0.2, 0) is 11.3 Å². The molecule has 0 aromatic carbocycles. The Morgan fingerprint density at radius 2 is 2.31 bits per heavy atom. The van der Waals surface area contributed by atoms with Crippen LogP contribution in [0.15, 0.2) is 16.8 Å². The third-order valence-corrected chi connectivity index (χ3v) is 4.02. The number of hydrogen-bond donors (Lipinski definition) is 2. The molecule has 0 saturated carbocycles. The Morgan fingerprint density at radius 3 is 2.94 bits per heavy atom. The standard InChI is InChI=1S/C12H18N2OS/c1-12(3-5-13-6-4-12)11(15)14-8-10-2-7-16-9-10/h2,7,9,13H,3-6,8H2,1H3,(H,14,15). The molecule has 2 heterocycles. The molecule has 0 radical (unpaired) electrons. The number of carbonyl (C=O) groups is 1. The van der Waals surface area contributed by atoms with Gasteiger partial charge >= 0.3 is 0 Å². The fraction of sp³-hybridized carbons (Fsp3) is 0.583. The van der Waals surface area contributed by atoms with Gasteiger partial charge in [0.15, 0.2) is 0 Å². The van der Waals surface area contributed by atoms with Crippen molar-refractivity contribution >= 4 is 17.2 Å². The molecule has 1 amide bonds. The Hall–Kier alpha value is -0.870. The van der Waals surface area contributed by atoms with Crippen molar-refractivity contribution < 1.29 is 4.79 Å². The molecule has 4 heteroatoms. The average Bonchev–Trinajstić information content (AvgIpc) is 2.79. The van der Waals surface area contributed by atoms with Gasteiger partial charge in [-0.3, -0.25) is 4.79 Å². The molecule has 0 aliphatic carbocycles. The summed E-state index contributed by atoms with van der Waals surface area (Å²) in [5.74, 6) is 0.195. The summed E-state index contributed by atoms with van der Waals surface area (Å²) in [6.07, 6.45) is 1.87. The molecule has 16 heavy (non-hydrogen) atoms. The first-order valence-electron chi connectivity index (χ1n) is 5.71. The van der Waals surface area contributed by atoms with E-state index in [1.807, 2.05) is 5.38 Å². The van der Waals surface area contributed by atoms with Gasteiger partial charge in [-0.1, -0.05) is 6.92 Å². The normalized spacial score (nSPS) is 19.3. The monoisotopic (exact) mass is 238 g/mol.